The SMILES string of the molecule is CCCCCCCSc1ccc(NC(=O)C2=C(CCC)N3CCCN=C3S2)cc1.Cl. The molecule has 0 unspecified atom stereocenters. The summed E-state index contributed by atoms with van der Waals surface area (Å²) in [6.07, 6.45) is 9.59. The second-order valence-corrected chi connectivity index (χ2v) is 9.68. The van der Waals surface area contributed by atoms with Crippen LogP contribution in [0, 0.1) is 0 Å². The zero-order chi connectivity index (χ0) is 20.5. The molecule has 7 heteroatoms. The first-order chi connectivity index (χ1) is 14.2. The highest BCUT2D eigenvalue weighted by atomic mass is 35.5. The van der Waals surface area contributed by atoms with Crippen molar-refractivity contribution in [3.63, 3.8) is 0 Å². The summed E-state index contributed by atoms with van der Waals surface area (Å²) >= 11 is 3.43. The van der Waals surface area contributed by atoms with Crippen molar-refractivity contribution >= 4 is 52.7 Å². The summed E-state index contributed by atoms with van der Waals surface area (Å²) in [4.78, 5) is 21.9. The van der Waals surface area contributed by atoms with Crippen LogP contribution in [-0.2, 0) is 4.79 Å². The highest BCUT2D eigenvalue weighted by molar-refractivity contribution is 8.18. The first-order valence-corrected chi connectivity index (χ1v) is 12.8. The molecule has 0 spiro atoms. The summed E-state index contributed by atoms with van der Waals surface area (Å²) in [6, 6.07) is 8.26. The molecule has 2 heterocycles. The maximum Gasteiger partial charge on any atom is 0.264 e. The van der Waals surface area contributed by atoms with Gasteiger partial charge in [-0.1, -0.05) is 46.0 Å². The van der Waals surface area contributed by atoms with Crippen LogP contribution < -0.4 is 5.32 Å². The lowest BCUT2D eigenvalue weighted by atomic mass is 10.2. The molecule has 0 aromatic heterocycles. The number of benzene rings is 1. The number of halogens is 1. The minimum absolute atomic E-state index is 0. The van der Waals surface area contributed by atoms with Gasteiger partial charge in [-0.25, -0.2) is 0 Å². The van der Waals surface area contributed by atoms with Crippen LogP contribution in [0.1, 0.15) is 65.2 Å². The third kappa shape index (κ3) is 6.96. The van der Waals surface area contributed by atoms with Gasteiger partial charge in [0.15, 0.2) is 5.17 Å². The van der Waals surface area contributed by atoms with Gasteiger partial charge in [0.1, 0.15) is 0 Å². The monoisotopic (exact) mass is 467 g/mol. The maximum atomic E-state index is 12.9. The first-order valence-electron chi connectivity index (χ1n) is 11.0. The van der Waals surface area contributed by atoms with Crippen LogP contribution in [-0.4, -0.2) is 34.8 Å². The molecule has 166 valence electrons. The van der Waals surface area contributed by atoms with Crippen LogP contribution in [0.5, 0.6) is 0 Å². The predicted octanol–water partition coefficient (Wildman–Crippen LogP) is 6.93. The van der Waals surface area contributed by atoms with E-state index in [2.05, 4.69) is 41.2 Å². The van der Waals surface area contributed by atoms with E-state index < -0.39 is 0 Å². The molecule has 1 aromatic rings. The quantitative estimate of drug-likeness (QED) is 0.283. The van der Waals surface area contributed by atoms with Gasteiger partial charge in [-0.3, -0.25) is 9.79 Å². The zero-order valence-electron chi connectivity index (χ0n) is 18.1. The summed E-state index contributed by atoms with van der Waals surface area (Å²) in [5.41, 5.74) is 2.00. The summed E-state index contributed by atoms with van der Waals surface area (Å²) < 4.78 is 0. The minimum Gasteiger partial charge on any atom is -0.323 e. The fraction of sp³-hybridized carbons (Fsp3) is 0.565. The van der Waals surface area contributed by atoms with Crippen molar-refractivity contribution in [2.75, 3.05) is 24.2 Å². The van der Waals surface area contributed by atoms with E-state index in [9.17, 15) is 4.79 Å². The number of aliphatic imine (C=N–C) groups is 1. The lowest BCUT2D eigenvalue weighted by Crippen LogP contribution is -2.29. The highest BCUT2D eigenvalue weighted by Crippen LogP contribution is 2.38. The molecule has 0 atom stereocenters. The van der Waals surface area contributed by atoms with Crippen molar-refractivity contribution in [2.45, 2.75) is 70.1 Å². The van der Waals surface area contributed by atoms with Crippen molar-refractivity contribution in [3.05, 3.63) is 34.9 Å². The molecule has 3 rings (SSSR count). The average Bonchev–Trinajstić information content (AvgIpc) is 3.11. The smallest absolute Gasteiger partial charge is 0.264 e. The summed E-state index contributed by atoms with van der Waals surface area (Å²) in [6.45, 7) is 6.25. The Morgan fingerprint density at radius 1 is 1.13 bits per heavy atom. The molecule has 0 saturated heterocycles. The summed E-state index contributed by atoms with van der Waals surface area (Å²) in [5.74, 6) is 1.16. The number of allylic oxidation sites excluding steroid dienone is 1. The Hall–Kier alpha value is -1.11. The Morgan fingerprint density at radius 3 is 2.63 bits per heavy atom. The van der Waals surface area contributed by atoms with Crippen LogP contribution in [0.3, 0.4) is 0 Å². The molecule has 2 aliphatic rings. The number of amidine groups is 1. The summed E-state index contributed by atoms with van der Waals surface area (Å²) in [5, 5.41) is 4.09. The van der Waals surface area contributed by atoms with Gasteiger partial charge in [0.05, 0.1) is 4.91 Å². The molecular weight excluding hydrogens is 434 g/mol. The van der Waals surface area contributed by atoms with Crippen LogP contribution in [0.2, 0.25) is 0 Å². The lowest BCUT2D eigenvalue weighted by molar-refractivity contribution is -0.112. The molecule has 4 nitrogen and oxygen atoms in total. The van der Waals surface area contributed by atoms with Crippen molar-refractivity contribution in [3.8, 4) is 0 Å². The molecule has 0 radical (unpaired) electrons. The molecule has 0 fully saturated rings. The Balaban J connectivity index is 0.00000320. The number of hydrogen-bond donors (Lipinski definition) is 1. The van der Waals surface area contributed by atoms with Gasteiger partial charge in [-0.15, -0.1) is 24.2 Å². The fourth-order valence-corrected chi connectivity index (χ4v) is 5.61. The minimum atomic E-state index is -0.00752. The number of nitrogens with zero attached hydrogens (tertiary/aromatic N) is 2. The van der Waals surface area contributed by atoms with Gasteiger partial charge < -0.3 is 10.2 Å². The third-order valence-corrected chi connectivity index (χ3v) is 7.38. The number of unbranched alkanes of at least 4 members (excludes halogenated alkanes) is 4. The number of carbonyl (C=O) groups excluding carboxylic acids is 1. The van der Waals surface area contributed by atoms with Crippen LogP contribution in [0.4, 0.5) is 5.69 Å². The molecule has 0 bridgehead atoms. The number of hydrogen-bond acceptors (Lipinski definition) is 5. The van der Waals surface area contributed by atoms with E-state index in [0.29, 0.717) is 0 Å². The van der Waals surface area contributed by atoms with E-state index >= 15 is 0 Å². The molecule has 0 saturated carbocycles. The Kier molecular flexibility index (Phi) is 11.2. The van der Waals surface area contributed by atoms with Crippen LogP contribution in [0.15, 0.2) is 44.8 Å². The van der Waals surface area contributed by atoms with Crippen LogP contribution in [0.25, 0.3) is 0 Å². The number of carbonyl (C=O) groups is 1. The fourth-order valence-electron chi connectivity index (χ4n) is 3.58. The number of amides is 1. The van der Waals surface area contributed by atoms with E-state index in [0.717, 1.165) is 59.6 Å². The largest absolute Gasteiger partial charge is 0.323 e. The molecule has 1 amide bonds. The third-order valence-electron chi connectivity index (χ3n) is 5.12. The molecule has 1 N–H and O–H groups in total. The van der Waals surface area contributed by atoms with Crippen molar-refractivity contribution in [1.29, 1.82) is 0 Å². The van der Waals surface area contributed by atoms with E-state index in [4.69, 9.17) is 0 Å². The predicted molar refractivity (Wildman–Crippen MR) is 135 cm³/mol. The van der Waals surface area contributed by atoms with E-state index in [-0.39, 0.29) is 18.3 Å². The molecule has 0 aliphatic carbocycles. The Morgan fingerprint density at radius 2 is 1.90 bits per heavy atom. The Labute approximate surface area is 196 Å². The van der Waals surface area contributed by atoms with Crippen LogP contribution >= 0.6 is 35.9 Å². The number of anilines is 1. The number of rotatable bonds is 11. The number of fused-ring (bicyclic) bond motifs is 1. The van der Waals surface area contributed by atoms with Crippen molar-refractivity contribution < 1.29 is 4.79 Å². The second-order valence-electron chi connectivity index (χ2n) is 7.54. The zero-order valence-corrected chi connectivity index (χ0v) is 20.6. The number of nitrogens with one attached hydrogen (secondary N) is 1. The topological polar surface area (TPSA) is 44.7 Å². The normalized spacial score (nSPS) is 15.5. The van der Waals surface area contributed by atoms with Crippen molar-refractivity contribution in [1.82, 2.24) is 4.90 Å². The second kappa shape index (κ2) is 13.3. The van der Waals surface area contributed by atoms with Gasteiger partial charge >= 0.3 is 0 Å². The van der Waals surface area contributed by atoms with Gasteiger partial charge in [0.2, 0.25) is 0 Å². The standard InChI is InChI=1S/C23H33N3OS2.ClH/c1-3-5-6-7-8-17-28-19-13-11-18(12-14-19)25-22(27)21-20(10-4-2)26-16-9-15-24-23(26)29-21;/h11-14H,3-10,15-17H2,1-2H3,(H,25,27);1H. The molecule has 2 aliphatic heterocycles. The summed E-state index contributed by atoms with van der Waals surface area (Å²) in [7, 11) is 0. The lowest BCUT2D eigenvalue weighted by Gasteiger charge is -2.25. The molecular formula is C23H34ClN3OS2. The van der Waals surface area contributed by atoms with E-state index in [1.54, 1.807) is 0 Å². The van der Waals surface area contributed by atoms with Gasteiger partial charge in [-0.05, 0) is 61.0 Å². The highest BCUT2D eigenvalue weighted by Gasteiger charge is 2.33. The average molecular weight is 468 g/mol. The molecule has 30 heavy (non-hydrogen) atoms. The van der Waals surface area contributed by atoms with Gasteiger partial charge in [0.25, 0.3) is 5.91 Å². The number of thioether (sulfide) groups is 2. The first kappa shape index (κ1) is 25.2. The Bertz CT molecular complexity index is 749. The molecule has 1 aromatic carbocycles. The van der Waals surface area contributed by atoms with E-state index in [1.165, 1.54) is 48.8 Å². The maximum absolute atomic E-state index is 12.9. The van der Waals surface area contributed by atoms with Crippen molar-refractivity contribution in [2.24, 2.45) is 4.99 Å². The van der Waals surface area contributed by atoms with Gasteiger partial charge in [0, 0.05) is 29.4 Å². The van der Waals surface area contributed by atoms with Gasteiger partial charge in [-0.2, -0.15) is 0 Å². The van der Waals surface area contributed by atoms with E-state index in [1.807, 2.05) is 23.9 Å².